The Bertz CT molecular complexity index is 1250. The van der Waals surface area contributed by atoms with Crippen molar-refractivity contribution in [2.45, 2.75) is 57.0 Å². The molecule has 0 aliphatic carbocycles. The summed E-state index contributed by atoms with van der Waals surface area (Å²) >= 11 is 0. The van der Waals surface area contributed by atoms with Crippen LogP contribution in [0.2, 0.25) is 0 Å². The van der Waals surface area contributed by atoms with E-state index in [-0.39, 0.29) is 11.6 Å². The van der Waals surface area contributed by atoms with Gasteiger partial charge in [0.25, 0.3) is 0 Å². The van der Waals surface area contributed by atoms with E-state index in [4.69, 9.17) is 40.9 Å². The number of nitrogens with two attached hydrogens (primary N) is 2. The molecular weight excluding hydrogens is 509 g/mol. The number of aliphatic hydroxyl groups is 1. The van der Waals surface area contributed by atoms with E-state index < -0.39 is 62.3 Å². The summed E-state index contributed by atoms with van der Waals surface area (Å²) in [6.07, 6.45) is 0.406. The van der Waals surface area contributed by atoms with Gasteiger partial charge in [0.1, 0.15) is 23.8 Å². The number of hydrogen-bond donors (Lipinski definition) is 3. The molecule has 3 rings (SSSR count). The van der Waals surface area contributed by atoms with Crippen molar-refractivity contribution in [3.05, 3.63) is 47.0 Å². The van der Waals surface area contributed by atoms with E-state index in [9.17, 15) is 19.3 Å². The normalized spacial score (nSPS) is 25.7. The number of carbonyl (C=O) groups is 1. The Kier molecular flexibility index (Phi) is 8.70. The van der Waals surface area contributed by atoms with Gasteiger partial charge in [0.2, 0.25) is 0 Å². The van der Waals surface area contributed by atoms with E-state index in [0.29, 0.717) is 0 Å². The molecule has 0 saturated carbocycles. The fraction of sp³-hybridized carbons (Fsp3) is 0.455. The Morgan fingerprint density at radius 3 is 2.62 bits per heavy atom. The van der Waals surface area contributed by atoms with Crippen LogP contribution >= 0.6 is 7.82 Å². The second-order valence-electron chi connectivity index (χ2n) is 8.34. The van der Waals surface area contributed by atoms with Crippen molar-refractivity contribution >= 4 is 19.6 Å². The van der Waals surface area contributed by atoms with Crippen LogP contribution in [0.1, 0.15) is 27.0 Å². The number of aliphatic hydroxyl groups excluding tert-OH is 1. The van der Waals surface area contributed by atoms with Crippen LogP contribution in [0.4, 0.5) is 5.82 Å². The van der Waals surface area contributed by atoms with Crippen molar-refractivity contribution < 1.29 is 37.5 Å². The first-order valence-electron chi connectivity index (χ1n) is 11.1. The van der Waals surface area contributed by atoms with Gasteiger partial charge in [-0.2, -0.15) is 14.8 Å². The van der Waals surface area contributed by atoms with Gasteiger partial charge in [-0.3, -0.25) is 9.05 Å². The van der Waals surface area contributed by atoms with Crippen molar-refractivity contribution in [3.8, 4) is 18.1 Å². The molecule has 14 nitrogen and oxygen atoms in total. The Balaban J connectivity index is 1.83. The van der Waals surface area contributed by atoms with Crippen molar-refractivity contribution in [1.82, 2.24) is 14.8 Å². The van der Waals surface area contributed by atoms with Crippen molar-refractivity contribution in [2.75, 3.05) is 12.3 Å². The second kappa shape index (κ2) is 11.4. The van der Waals surface area contributed by atoms with E-state index >= 15 is 0 Å². The molecule has 15 heteroatoms. The minimum atomic E-state index is -4.53. The molecule has 200 valence electrons. The number of esters is 1. The molecule has 0 bridgehead atoms. The molecule has 1 aromatic carbocycles. The SMILES string of the molecule is C#CC1(N)[C@@H](O)[C@@H](CO[P@](=O)(Oc2ccccc2)O[C@@H](C)C(=O)OC(C)C)O[C@H]1n1ncc(N)nc1=O. The van der Waals surface area contributed by atoms with Gasteiger partial charge in [0.05, 0.1) is 18.9 Å². The number of rotatable bonds is 10. The largest absolute Gasteiger partial charge is 0.530 e. The van der Waals surface area contributed by atoms with Gasteiger partial charge in [-0.15, -0.1) is 6.42 Å². The summed E-state index contributed by atoms with van der Waals surface area (Å²) in [6.45, 7) is 3.95. The average molecular weight is 537 g/mol. The number of nitrogen functional groups attached to an aromatic ring is 1. The maximum absolute atomic E-state index is 13.5. The lowest BCUT2D eigenvalue weighted by Gasteiger charge is -2.26. The second-order valence-corrected chi connectivity index (χ2v) is 9.88. The number of anilines is 1. The first-order valence-corrected chi connectivity index (χ1v) is 12.5. The van der Waals surface area contributed by atoms with Crippen LogP contribution in [0.5, 0.6) is 5.75 Å². The number of carbonyl (C=O) groups excluding carboxylic acids is 1. The number of benzene rings is 1. The molecule has 1 aliphatic heterocycles. The zero-order valence-corrected chi connectivity index (χ0v) is 21.2. The quantitative estimate of drug-likeness (QED) is 0.213. The maximum atomic E-state index is 13.5. The number of phosphoric acid groups is 1. The van der Waals surface area contributed by atoms with E-state index in [1.165, 1.54) is 19.1 Å². The third kappa shape index (κ3) is 6.53. The summed E-state index contributed by atoms with van der Waals surface area (Å²) in [6, 6.07) is 7.91. The third-order valence-corrected chi connectivity index (χ3v) is 6.56. The molecular formula is C22H28N5O9P. The third-order valence-electron chi connectivity index (χ3n) is 5.09. The summed E-state index contributed by atoms with van der Waals surface area (Å²) in [5, 5.41) is 14.7. The van der Waals surface area contributed by atoms with Crippen LogP contribution in [0, 0.1) is 12.3 Å². The summed E-state index contributed by atoms with van der Waals surface area (Å²) in [4.78, 5) is 28.1. The number of aromatic nitrogens is 3. The predicted octanol–water partition coefficient (Wildman–Crippen LogP) is 0.370. The Labute approximate surface area is 212 Å². The van der Waals surface area contributed by atoms with Crippen LogP contribution in [0.15, 0.2) is 41.3 Å². The number of terminal acetylenes is 1. The standard InChI is InChI=1S/C22H28N5O9P/c1-5-22(24)18(28)16(34-20(22)27-21(30)26-17(23)11-25-27)12-32-37(31,36-15-9-7-6-8-10-15)35-14(4)19(29)33-13(2)3/h1,6-11,13-14,16,18,20,28H,12,24H2,2-4H3,(H2,23,26,30)/t14-,16+,18-,20+,22?,37-/m0/s1. The summed E-state index contributed by atoms with van der Waals surface area (Å²) < 4.78 is 41.3. The number of phosphoric ester groups is 1. The van der Waals surface area contributed by atoms with Crippen LogP contribution in [0.3, 0.4) is 0 Å². The van der Waals surface area contributed by atoms with Crippen molar-refractivity contribution in [1.29, 1.82) is 0 Å². The molecule has 1 unspecified atom stereocenters. The Morgan fingerprint density at radius 1 is 1.35 bits per heavy atom. The smallest absolute Gasteiger partial charge is 0.461 e. The van der Waals surface area contributed by atoms with Gasteiger partial charge >= 0.3 is 19.5 Å². The van der Waals surface area contributed by atoms with Gasteiger partial charge in [-0.05, 0) is 32.9 Å². The molecule has 1 fully saturated rings. The van der Waals surface area contributed by atoms with E-state index in [2.05, 4.69) is 16.0 Å². The number of hydrogen-bond acceptors (Lipinski definition) is 13. The highest BCUT2D eigenvalue weighted by molar-refractivity contribution is 7.49. The summed E-state index contributed by atoms with van der Waals surface area (Å²) in [5.74, 6) is 1.37. The Hall–Kier alpha value is -3.31. The number of ether oxygens (including phenoxy) is 2. The molecule has 2 aromatic rings. The molecule has 37 heavy (non-hydrogen) atoms. The van der Waals surface area contributed by atoms with Crippen LogP contribution in [-0.2, 0) is 27.9 Å². The summed E-state index contributed by atoms with van der Waals surface area (Å²) in [5.41, 5.74) is 8.77. The van der Waals surface area contributed by atoms with Crippen molar-refractivity contribution in [3.63, 3.8) is 0 Å². The lowest BCUT2D eigenvalue weighted by Crippen LogP contribution is -2.55. The highest BCUT2D eigenvalue weighted by atomic mass is 31.2. The topological polar surface area (TPSA) is 200 Å². The van der Waals surface area contributed by atoms with Crippen LogP contribution in [-0.4, -0.2) is 62.4 Å². The monoisotopic (exact) mass is 537 g/mol. The molecule has 6 atom stereocenters. The highest BCUT2D eigenvalue weighted by Crippen LogP contribution is 2.51. The van der Waals surface area contributed by atoms with Crippen LogP contribution < -0.4 is 21.7 Å². The fourth-order valence-corrected chi connectivity index (χ4v) is 4.63. The molecule has 1 aromatic heterocycles. The first kappa shape index (κ1) is 28.3. The first-order chi connectivity index (χ1) is 17.4. The van der Waals surface area contributed by atoms with E-state index in [1.54, 1.807) is 32.0 Å². The molecule has 5 N–H and O–H groups in total. The van der Waals surface area contributed by atoms with Crippen LogP contribution in [0.25, 0.3) is 0 Å². The highest BCUT2D eigenvalue weighted by Gasteiger charge is 2.55. The average Bonchev–Trinajstić information content (AvgIpc) is 3.08. The lowest BCUT2D eigenvalue weighted by molar-refractivity contribution is -0.156. The predicted molar refractivity (Wildman–Crippen MR) is 129 cm³/mol. The fourth-order valence-electron chi connectivity index (χ4n) is 3.29. The molecule has 0 amide bonds. The van der Waals surface area contributed by atoms with Crippen molar-refractivity contribution in [2.24, 2.45) is 5.73 Å². The van der Waals surface area contributed by atoms with E-state index in [0.717, 1.165) is 10.9 Å². The van der Waals surface area contributed by atoms with Gasteiger partial charge < -0.3 is 30.6 Å². The number of nitrogens with zero attached hydrogens (tertiary/aromatic N) is 3. The van der Waals surface area contributed by atoms with Gasteiger partial charge in [-0.25, -0.2) is 14.2 Å². The van der Waals surface area contributed by atoms with Gasteiger partial charge in [0, 0.05) is 0 Å². The molecule has 0 spiro atoms. The minimum absolute atomic E-state index is 0.113. The molecule has 0 radical (unpaired) electrons. The zero-order valence-electron chi connectivity index (χ0n) is 20.3. The molecule has 1 saturated heterocycles. The summed E-state index contributed by atoms with van der Waals surface area (Å²) in [7, 11) is -4.53. The van der Waals surface area contributed by atoms with Gasteiger partial charge in [-0.1, -0.05) is 24.1 Å². The maximum Gasteiger partial charge on any atom is 0.530 e. The van der Waals surface area contributed by atoms with E-state index in [1.807, 2.05) is 0 Å². The lowest BCUT2D eigenvalue weighted by atomic mass is 9.92. The van der Waals surface area contributed by atoms with Gasteiger partial charge in [0.15, 0.2) is 17.9 Å². The minimum Gasteiger partial charge on any atom is -0.461 e. The Morgan fingerprint density at radius 2 is 2.03 bits per heavy atom. The number of para-hydroxylation sites is 1. The molecule has 1 aliphatic rings. The zero-order chi connectivity index (χ0) is 27.4. The molecule has 2 heterocycles.